The van der Waals surface area contributed by atoms with Crippen molar-refractivity contribution < 1.29 is 22.0 Å². The summed E-state index contributed by atoms with van der Waals surface area (Å²) in [6, 6.07) is 20.6. The van der Waals surface area contributed by atoms with Gasteiger partial charge in [0.05, 0.1) is 0 Å². The second-order valence-electron chi connectivity index (χ2n) is 7.03. The van der Waals surface area contributed by atoms with E-state index in [2.05, 4.69) is 6.92 Å². The van der Waals surface area contributed by atoms with Crippen LogP contribution in [0.3, 0.4) is 0 Å². The minimum absolute atomic E-state index is 0.359. The van der Waals surface area contributed by atoms with Crippen molar-refractivity contribution in [1.82, 2.24) is 0 Å². The molecule has 0 saturated heterocycles. The third kappa shape index (κ3) is 4.94. The first-order valence-corrected chi connectivity index (χ1v) is 12.0. The third-order valence-corrected chi connectivity index (χ3v) is 8.17. The Kier molecular flexibility index (Phi) is 7.71. The summed E-state index contributed by atoms with van der Waals surface area (Å²) in [7, 11) is -3.45. The number of hydrogen-bond acceptors (Lipinski definition) is 2. The summed E-state index contributed by atoms with van der Waals surface area (Å²) < 4.78 is 54.5. The van der Waals surface area contributed by atoms with E-state index < -0.39 is 26.0 Å². The Morgan fingerprint density at radius 3 is 1.87 bits per heavy atom. The van der Waals surface area contributed by atoms with Gasteiger partial charge in [-0.05, 0) is 18.6 Å². The fourth-order valence-corrected chi connectivity index (χ4v) is 6.41. The first-order valence-electron chi connectivity index (χ1n) is 10.2. The number of halogens is 3. The van der Waals surface area contributed by atoms with E-state index in [0.717, 1.165) is 48.2 Å². The Balaban J connectivity index is 2.07. The van der Waals surface area contributed by atoms with Crippen LogP contribution in [0.1, 0.15) is 32.6 Å². The van der Waals surface area contributed by atoms with E-state index in [1.165, 1.54) is 0 Å². The summed E-state index contributed by atoms with van der Waals surface area (Å²) in [6.07, 6.45) is 4.01. The first kappa shape index (κ1) is 22.1. The first-order chi connectivity index (χ1) is 14.6. The van der Waals surface area contributed by atoms with E-state index in [9.17, 15) is 13.2 Å². The summed E-state index contributed by atoms with van der Waals surface area (Å²) in [5.41, 5.74) is 0. The van der Waals surface area contributed by atoms with Crippen molar-refractivity contribution >= 4 is 18.9 Å². The molecular weight excluding hydrogens is 405 g/mol. The summed E-state index contributed by atoms with van der Waals surface area (Å²) >= 11 is 0. The molecule has 0 radical (unpaired) electrons. The van der Waals surface area contributed by atoms with E-state index in [1.807, 2.05) is 60.7 Å². The SMILES string of the molecule is CCCCCCO[Si](Oc1ccc(F)c(F)c1F)(c1ccccc1)c1ccccc1. The Labute approximate surface area is 176 Å². The van der Waals surface area contributed by atoms with E-state index >= 15 is 0 Å². The maximum atomic E-state index is 14.5. The summed E-state index contributed by atoms with van der Waals surface area (Å²) in [5.74, 6) is -4.53. The van der Waals surface area contributed by atoms with Gasteiger partial charge in [0, 0.05) is 17.0 Å². The predicted molar refractivity (Wildman–Crippen MR) is 115 cm³/mol. The van der Waals surface area contributed by atoms with Gasteiger partial charge in [0.15, 0.2) is 11.6 Å². The molecule has 2 nitrogen and oxygen atoms in total. The van der Waals surface area contributed by atoms with Gasteiger partial charge in [-0.1, -0.05) is 86.8 Å². The van der Waals surface area contributed by atoms with E-state index in [0.29, 0.717) is 6.61 Å². The molecule has 0 aliphatic carbocycles. The van der Waals surface area contributed by atoms with Crippen molar-refractivity contribution in [1.29, 1.82) is 0 Å². The van der Waals surface area contributed by atoms with Crippen molar-refractivity contribution in [2.45, 2.75) is 32.6 Å². The third-order valence-electron chi connectivity index (χ3n) is 4.86. The summed E-state index contributed by atoms with van der Waals surface area (Å²) in [6.45, 7) is 2.55. The van der Waals surface area contributed by atoms with Crippen LogP contribution in [-0.4, -0.2) is 15.2 Å². The molecule has 0 bridgehead atoms. The van der Waals surface area contributed by atoms with Crippen LogP contribution in [0, 0.1) is 17.5 Å². The molecule has 0 fully saturated rings. The Morgan fingerprint density at radius 1 is 0.700 bits per heavy atom. The Morgan fingerprint density at radius 2 is 1.30 bits per heavy atom. The van der Waals surface area contributed by atoms with Crippen molar-refractivity contribution in [3.63, 3.8) is 0 Å². The monoisotopic (exact) mass is 430 g/mol. The number of benzene rings is 3. The highest BCUT2D eigenvalue weighted by Gasteiger charge is 2.45. The molecule has 158 valence electrons. The quantitative estimate of drug-likeness (QED) is 0.246. The minimum atomic E-state index is -3.45. The van der Waals surface area contributed by atoms with Gasteiger partial charge in [-0.2, -0.15) is 4.39 Å². The minimum Gasteiger partial charge on any atom is -0.511 e. The second-order valence-corrected chi connectivity index (χ2v) is 9.91. The van der Waals surface area contributed by atoms with Crippen LogP contribution in [0.4, 0.5) is 13.2 Å². The molecule has 0 spiro atoms. The number of hydrogen-bond donors (Lipinski definition) is 0. The zero-order valence-electron chi connectivity index (χ0n) is 16.9. The van der Waals surface area contributed by atoms with Crippen molar-refractivity contribution in [2.24, 2.45) is 0 Å². The van der Waals surface area contributed by atoms with Crippen LogP contribution in [-0.2, 0) is 4.43 Å². The topological polar surface area (TPSA) is 18.5 Å². The second kappa shape index (κ2) is 10.5. The highest BCUT2D eigenvalue weighted by Crippen LogP contribution is 2.25. The molecule has 0 saturated carbocycles. The van der Waals surface area contributed by atoms with Gasteiger partial charge in [0.2, 0.25) is 5.82 Å². The molecule has 0 aliphatic heterocycles. The smallest absolute Gasteiger partial charge is 0.468 e. The molecule has 0 N–H and O–H groups in total. The van der Waals surface area contributed by atoms with Crippen LogP contribution < -0.4 is 14.8 Å². The lowest BCUT2D eigenvalue weighted by atomic mass is 10.2. The van der Waals surface area contributed by atoms with Crippen LogP contribution in [0.2, 0.25) is 0 Å². The van der Waals surface area contributed by atoms with Gasteiger partial charge in [-0.3, -0.25) is 0 Å². The molecule has 0 amide bonds. The molecule has 30 heavy (non-hydrogen) atoms. The molecule has 3 rings (SSSR count). The predicted octanol–water partition coefficient (Wildman–Crippen LogP) is 5.34. The maximum absolute atomic E-state index is 14.5. The highest BCUT2D eigenvalue weighted by atomic mass is 28.4. The number of rotatable bonds is 10. The molecular formula is C24H25F3O2Si. The lowest BCUT2D eigenvalue weighted by molar-refractivity contribution is 0.248. The van der Waals surface area contributed by atoms with E-state index in [-0.39, 0.29) is 5.75 Å². The van der Waals surface area contributed by atoms with Gasteiger partial charge in [-0.25, -0.2) is 8.78 Å². The molecule has 0 aliphatic rings. The molecule has 0 atom stereocenters. The van der Waals surface area contributed by atoms with Crippen molar-refractivity contribution in [3.8, 4) is 5.75 Å². The van der Waals surface area contributed by atoms with Gasteiger partial charge in [-0.15, -0.1) is 0 Å². The Bertz CT molecular complexity index is 896. The Hall–Kier alpha value is -2.57. The van der Waals surface area contributed by atoms with Gasteiger partial charge in [0.1, 0.15) is 5.75 Å². The molecule has 3 aromatic rings. The summed E-state index contributed by atoms with van der Waals surface area (Å²) in [5, 5.41) is 1.52. The van der Waals surface area contributed by atoms with Gasteiger partial charge < -0.3 is 8.85 Å². The van der Waals surface area contributed by atoms with Gasteiger partial charge in [0.25, 0.3) is 0 Å². The standard InChI is InChI=1S/C24H25F3O2Si/c1-2-3-4-11-18-28-30(19-12-7-5-8-13-19,20-14-9-6-10-15-20)29-22-17-16-21(25)23(26)24(22)27/h5-10,12-17H,2-4,11,18H2,1H3. The van der Waals surface area contributed by atoms with Crippen molar-refractivity contribution in [2.75, 3.05) is 6.61 Å². The number of unbranched alkanes of at least 4 members (excludes halogenated alkanes) is 3. The molecule has 0 heterocycles. The average Bonchev–Trinajstić information content (AvgIpc) is 2.79. The van der Waals surface area contributed by atoms with Crippen LogP contribution in [0.25, 0.3) is 0 Å². The van der Waals surface area contributed by atoms with Crippen molar-refractivity contribution in [3.05, 3.63) is 90.2 Å². The molecule has 6 heteroatoms. The largest absolute Gasteiger partial charge is 0.511 e. The zero-order valence-corrected chi connectivity index (χ0v) is 17.9. The van der Waals surface area contributed by atoms with Gasteiger partial charge >= 0.3 is 8.56 Å². The molecule has 0 aromatic heterocycles. The maximum Gasteiger partial charge on any atom is 0.468 e. The lowest BCUT2D eigenvalue weighted by Gasteiger charge is -2.32. The van der Waals surface area contributed by atoms with E-state index in [1.54, 1.807) is 0 Å². The summed E-state index contributed by atoms with van der Waals surface area (Å²) in [4.78, 5) is 0. The molecule has 0 unspecified atom stereocenters. The lowest BCUT2D eigenvalue weighted by Crippen LogP contribution is -2.66. The fourth-order valence-electron chi connectivity index (χ4n) is 3.28. The zero-order chi connectivity index (χ0) is 21.4. The van der Waals surface area contributed by atoms with Crippen LogP contribution in [0.5, 0.6) is 5.75 Å². The molecule has 3 aromatic carbocycles. The average molecular weight is 431 g/mol. The van der Waals surface area contributed by atoms with Crippen LogP contribution in [0.15, 0.2) is 72.8 Å². The van der Waals surface area contributed by atoms with Crippen LogP contribution >= 0.6 is 0 Å². The highest BCUT2D eigenvalue weighted by molar-refractivity contribution is 6.93. The normalized spacial score (nSPS) is 11.5. The van der Waals surface area contributed by atoms with E-state index in [4.69, 9.17) is 8.85 Å². The fraction of sp³-hybridized carbons (Fsp3) is 0.250.